The van der Waals surface area contributed by atoms with Gasteiger partial charge in [0, 0.05) is 35.9 Å². The average molecular weight is 524 g/mol. The van der Waals surface area contributed by atoms with Crippen LogP contribution in [0.2, 0.25) is 5.02 Å². The van der Waals surface area contributed by atoms with Crippen LogP contribution in [0.1, 0.15) is 33.5 Å². The summed E-state index contributed by atoms with van der Waals surface area (Å²) in [7, 11) is 0. The Morgan fingerprint density at radius 1 is 1.31 bits per heavy atom. The van der Waals surface area contributed by atoms with Crippen LogP contribution < -0.4 is 16.0 Å². The van der Waals surface area contributed by atoms with Gasteiger partial charge < -0.3 is 15.6 Å². The van der Waals surface area contributed by atoms with Gasteiger partial charge in [0.25, 0.3) is 5.56 Å². The van der Waals surface area contributed by atoms with Gasteiger partial charge in [0.2, 0.25) is 0 Å². The highest BCUT2D eigenvalue weighted by molar-refractivity contribution is 6.31. The quantitative estimate of drug-likeness (QED) is 0.448. The van der Waals surface area contributed by atoms with Crippen LogP contribution in [-0.2, 0) is 6.56 Å². The average Bonchev–Trinajstić information content (AvgIpc) is 2.79. The molecule has 3 aromatic heterocycles. The van der Waals surface area contributed by atoms with Gasteiger partial charge in [-0.05, 0) is 39.3 Å². The summed E-state index contributed by atoms with van der Waals surface area (Å²) in [5, 5.41) is 9.23. The lowest BCUT2D eigenvalue weighted by Gasteiger charge is -2.17. The maximum atomic E-state index is 15.5. The number of pyridine rings is 3. The summed E-state index contributed by atoms with van der Waals surface area (Å²) in [6, 6.07) is 1.58. The monoisotopic (exact) mass is 523 g/mol. The topological polar surface area (TPSA) is 116 Å². The smallest absolute Gasteiger partial charge is 0.278 e. The van der Waals surface area contributed by atoms with Crippen LogP contribution in [0.25, 0.3) is 5.69 Å². The van der Waals surface area contributed by atoms with E-state index in [9.17, 15) is 18.7 Å². The van der Waals surface area contributed by atoms with E-state index in [1.165, 1.54) is 40.0 Å². The minimum Gasteiger partial charge on any atom is -0.485 e. The van der Waals surface area contributed by atoms with Crippen molar-refractivity contribution >= 4 is 23.6 Å². The molecule has 0 aliphatic rings. The third kappa shape index (κ3) is 5.74. The van der Waals surface area contributed by atoms with E-state index >= 15 is 4.39 Å². The molecule has 8 nitrogen and oxygen atoms in total. The molecule has 3 N–H and O–H groups in total. The second-order valence-electron chi connectivity index (χ2n) is 8.18. The molecule has 3 rings (SSSR count). The van der Waals surface area contributed by atoms with Gasteiger partial charge in [-0.3, -0.25) is 14.3 Å². The molecule has 0 aliphatic heterocycles. The number of aromatic nitrogens is 3. The predicted octanol–water partition coefficient (Wildman–Crippen LogP) is 4.21. The first-order chi connectivity index (χ1) is 17.5. The highest BCUT2D eigenvalue weighted by atomic mass is 35.5. The van der Waals surface area contributed by atoms with Crippen molar-refractivity contribution in [2.75, 3.05) is 0 Å². The Hall–Kier alpha value is -3.70. The van der Waals surface area contributed by atoms with Crippen molar-refractivity contribution in [1.82, 2.24) is 14.5 Å². The van der Waals surface area contributed by atoms with Crippen molar-refractivity contribution in [2.24, 2.45) is 10.7 Å². The van der Waals surface area contributed by atoms with Gasteiger partial charge in [0.1, 0.15) is 28.8 Å². The lowest BCUT2D eigenvalue weighted by atomic mass is 10.1. The molecule has 0 saturated carbocycles. The molecule has 0 amide bonds. The van der Waals surface area contributed by atoms with Crippen LogP contribution in [0.15, 0.2) is 46.1 Å². The standard InChI is InChI=1S/C24H23ClF3N5O3/c1-12-9-32-22(30-6-5-18(29)24(3,4)35)20(28)21(12)33-13(2)7-17(19(25)23(33)34)36-11-16-15(27)8-14(26)10-31-16/h5-10,35H,11,29H2,1-4H3/b18-5-,30-6?/i11D2. The zero-order valence-corrected chi connectivity index (χ0v) is 20.4. The Labute approximate surface area is 212 Å². The summed E-state index contributed by atoms with van der Waals surface area (Å²) in [6.45, 7) is 2.88. The Bertz CT molecular complexity index is 1520. The van der Waals surface area contributed by atoms with Gasteiger partial charge in [-0.15, -0.1) is 0 Å². The number of nitrogens with two attached hydrogens (primary N) is 1. The fourth-order valence-corrected chi connectivity index (χ4v) is 3.12. The minimum absolute atomic E-state index is 0.0685. The molecule has 36 heavy (non-hydrogen) atoms. The molecule has 0 aromatic carbocycles. The van der Waals surface area contributed by atoms with Crippen LogP contribution >= 0.6 is 11.6 Å². The number of hydrogen-bond acceptors (Lipinski definition) is 7. The van der Waals surface area contributed by atoms with E-state index in [4.69, 9.17) is 24.8 Å². The Kier molecular flexibility index (Phi) is 7.01. The zero-order valence-electron chi connectivity index (χ0n) is 21.6. The first-order valence-corrected chi connectivity index (χ1v) is 10.7. The van der Waals surface area contributed by atoms with Crippen molar-refractivity contribution in [2.45, 2.75) is 39.9 Å². The first kappa shape index (κ1) is 24.0. The van der Waals surface area contributed by atoms with Crippen molar-refractivity contribution in [3.63, 3.8) is 0 Å². The minimum atomic E-state index is -2.94. The fraction of sp³-hybridized carbons (Fsp3) is 0.250. The molecule has 3 aromatic rings. The molecule has 0 radical (unpaired) electrons. The van der Waals surface area contributed by atoms with Gasteiger partial charge in [-0.25, -0.2) is 23.1 Å². The number of rotatable bonds is 7. The molecule has 12 heteroatoms. The molecule has 0 bridgehead atoms. The second kappa shape index (κ2) is 10.5. The lowest BCUT2D eigenvalue weighted by molar-refractivity contribution is 0.118. The van der Waals surface area contributed by atoms with E-state index in [2.05, 4.69) is 15.0 Å². The predicted molar refractivity (Wildman–Crippen MR) is 129 cm³/mol. The number of hydrogen-bond donors (Lipinski definition) is 2. The maximum absolute atomic E-state index is 15.5. The van der Waals surface area contributed by atoms with Gasteiger partial charge in [-0.2, -0.15) is 0 Å². The van der Waals surface area contributed by atoms with Gasteiger partial charge in [-0.1, -0.05) is 11.6 Å². The number of aliphatic hydroxyl groups is 1. The molecular formula is C24H23ClF3N5O3. The van der Waals surface area contributed by atoms with Crippen LogP contribution in [0.3, 0.4) is 0 Å². The molecule has 0 saturated heterocycles. The van der Waals surface area contributed by atoms with E-state index in [1.54, 1.807) is 0 Å². The highest BCUT2D eigenvalue weighted by Gasteiger charge is 2.21. The summed E-state index contributed by atoms with van der Waals surface area (Å²) in [4.78, 5) is 24.4. The van der Waals surface area contributed by atoms with Crippen LogP contribution in [-0.4, -0.2) is 31.5 Å². The van der Waals surface area contributed by atoms with E-state index in [0.29, 0.717) is 12.3 Å². The van der Waals surface area contributed by atoms with Gasteiger partial charge >= 0.3 is 0 Å². The van der Waals surface area contributed by atoms with Crippen molar-refractivity contribution in [3.05, 3.63) is 86.1 Å². The number of halogens is 4. The summed E-state index contributed by atoms with van der Waals surface area (Å²) in [5.41, 5.74) is 2.73. The molecule has 190 valence electrons. The first-order valence-electron chi connectivity index (χ1n) is 11.4. The number of ether oxygens (including phenoxy) is 1. The van der Waals surface area contributed by atoms with E-state index in [0.717, 1.165) is 16.8 Å². The third-order valence-corrected chi connectivity index (χ3v) is 5.25. The summed E-state index contributed by atoms with van der Waals surface area (Å²) >= 11 is 6.17. The fourth-order valence-electron chi connectivity index (χ4n) is 2.94. The van der Waals surface area contributed by atoms with Crippen molar-refractivity contribution in [1.29, 1.82) is 0 Å². The molecular weight excluding hydrogens is 499 g/mol. The Morgan fingerprint density at radius 3 is 2.64 bits per heavy atom. The van der Waals surface area contributed by atoms with Crippen LogP contribution in [0.4, 0.5) is 19.0 Å². The number of allylic oxidation sites excluding steroid dienone is 1. The maximum Gasteiger partial charge on any atom is 0.278 e. The third-order valence-electron chi connectivity index (χ3n) is 4.90. The number of nitrogens with zero attached hydrogens (tertiary/aromatic N) is 4. The molecule has 0 spiro atoms. The highest BCUT2D eigenvalue weighted by Crippen LogP contribution is 2.29. The Morgan fingerprint density at radius 2 is 2.00 bits per heavy atom. The number of aliphatic imine (C=N–C) groups is 1. The van der Waals surface area contributed by atoms with Gasteiger partial charge in [0.05, 0.1) is 20.2 Å². The van der Waals surface area contributed by atoms with Crippen LogP contribution in [0, 0.1) is 31.3 Å². The normalized spacial score (nSPS) is 13.6. The summed E-state index contributed by atoms with van der Waals surface area (Å²) in [6.07, 6.45) is 4.30. The Balaban J connectivity index is 2.07. The summed E-state index contributed by atoms with van der Waals surface area (Å²) < 4.78 is 65.0. The molecule has 0 unspecified atom stereocenters. The SMILES string of the molecule is [2H]C([2H])(Oc1cc(C)n(-c2c(C)cnc(N=C/C=C(\N)C(C)(C)O)c2F)c(=O)c1Cl)c1ncc(F)cc1F. The zero-order chi connectivity index (χ0) is 28.6. The molecule has 3 heterocycles. The molecule has 0 fully saturated rings. The number of aryl methyl sites for hydroxylation is 2. The lowest BCUT2D eigenvalue weighted by Crippen LogP contribution is -2.27. The van der Waals surface area contributed by atoms with Crippen molar-refractivity contribution in [3.8, 4) is 11.4 Å². The largest absolute Gasteiger partial charge is 0.485 e. The van der Waals surface area contributed by atoms with Gasteiger partial charge in [0.15, 0.2) is 17.5 Å². The summed E-state index contributed by atoms with van der Waals surface area (Å²) in [5.74, 6) is -4.16. The molecule has 0 aliphatic carbocycles. The second-order valence-corrected chi connectivity index (χ2v) is 8.56. The van der Waals surface area contributed by atoms with E-state index in [1.807, 2.05) is 0 Å². The van der Waals surface area contributed by atoms with Crippen LogP contribution in [0.5, 0.6) is 5.75 Å². The molecule has 0 atom stereocenters. The van der Waals surface area contributed by atoms with E-state index in [-0.39, 0.29) is 28.5 Å². The van der Waals surface area contributed by atoms with E-state index < -0.39 is 51.6 Å². The van der Waals surface area contributed by atoms with Crippen molar-refractivity contribution < 1.29 is 25.8 Å².